The molecule has 0 aliphatic rings. The third-order valence-corrected chi connectivity index (χ3v) is 4.72. The Bertz CT molecular complexity index is 766. The first-order valence-electron chi connectivity index (χ1n) is 5.33. The van der Waals surface area contributed by atoms with Crippen molar-refractivity contribution in [2.75, 3.05) is 10.5 Å². The van der Waals surface area contributed by atoms with Crippen LogP contribution in [0.25, 0.3) is 0 Å². The second kappa shape index (κ2) is 5.47. The molecule has 0 radical (unpaired) electrons. The topological polar surface area (TPSA) is 72.2 Å². The van der Waals surface area contributed by atoms with Gasteiger partial charge in [-0.2, -0.15) is 0 Å². The van der Waals surface area contributed by atoms with Gasteiger partial charge < -0.3 is 5.73 Å². The normalized spacial score (nSPS) is 11.3. The molecule has 4 nitrogen and oxygen atoms in total. The number of nitrogen functional groups attached to an aromatic ring is 1. The highest BCUT2D eigenvalue weighted by molar-refractivity contribution is 7.92. The van der Waals surface area contributed by atoms with Crippen LogP contribution < -0.4 is 10.5 Å². The van der Waals surface area contributed by atoms with Gasteiger partial charge in [-0.15, -0.1) is 0 Å². The number of hydrogen-bond acceptors (Lipinski definition) is 3. The van der Waals surface area contributed by atoms with Crippen LogP contribution in [-0.4, -0.2) is 8.42 Å². The zero-order valence-electron chi connectivity index (χ0n) is 9.90. The van der Waals surface area contributed by atoms with Crippen LogP contribution in [0.1, 0.15) is 0 Å². The van der Waals surface area contributed by atoms with Gasteiger partial charge in [0, 0.05) is 0 Å². The molecule has 0 saturated heterocycles. The van der Waals surface area contributed by atoms with Crippen molar-refractivity contribution >= 4 is 44.6 Å². The van der Waals surface area contributed by atoms with Gasteiger partial charge in [-0.25, -0.2) is 12.8 Å². The molecule has 0 heterocycles. The van der Waals surface area contributed by atoms with E-state index in [0.717, 1.165) is 18.2 Å². The molecule has 20 heavy (non-hydrogen) atoms. The molecule has 0 unspecified atom stereocenters. The quantitative estimate of drug-likeness (QED) is 0.843. The Morgan fingerprint density at radius 1 is 1.15 bits per heavy atom. The molecule has 2 aromatic rings. The van der Waals surface area contributed by atoms with E-state index in [2.05, 4.69) is 4.72 Å². The van der Waals surface area contributed by atoms with Crippen molar-refractivity contribution in [1.82, 2.24) is 0 Å². The molecule has 0 aliphatic heterocycles. The van der Waals surface area contributed by atoms with Crippen LogP contribution in [-0.2, 0) is 10.0 Å². The summed E-state index contributed by atoms with van der Waals surface area (Å²) in [4.78, 5) is -0.241. The summed E-state index contributed by atoms with van der Waals surface area (Å²) in [5.41, 5.74) is 5.43. The fourth-order valence-corrected chi connectivity index (χ4v) is 3.14. The van der Waals surface area contributed by atoms with E-state index in [0.29, 0.717) is 0 Å². The highest BCUT2D eigenvalue weighted by atomic mass is 35.5. The Balaban J connectivity index is 2.44. The van der Waals surface area contributed by atoms with Gasteiger partial charge in [0.05, 0.1) is 21.4 Å². The number of anilines is 2. The first kappa shape index (κ1) is 14.9. The summed E-state index contributed by atoms with van der Waals surface area (Å²) in [7, 11) is -3.98. The van der Waals surface area contributed by atoms with Crippen molar-refractivity contribution in [3.05, 3.63) is 52.3 Å². The molecule has 0 bridgehead atoms. The molecule has 106 valence electrons. The lowest BCUT2D eigenvalue weighted by molar-refractivity contribution is 0.600. The number of nitrogens with two attached hydrogens (primary N) is 1. The summed E-state index contributed by atoms with van der Waals surface area (Å²) in [6.45, 7) is 0. The van der Waals surface area contributed by atoms with Crippen LogP contribution in [0, 0.1) is 5.82 Å². The molecule has 0 spiro atoms. The van der Waals surface area contributed by atoms with E-state index in [9.17, 15) is 12.8 Å². The number of hydrogen-bond donors (Lipinski definition) is 2. The number of benzene rings is 2. The Hall–Kier alpha value is -1.50. The van der Waals surface area contributed by atoms with Gasteiger partial charge in [-0.1, -0.05) is 29.3 Å². The van der Waals surface area contributed by atoms with Crippen molar-refractivity contribution < 1.29 is 12.8 Å². The Kier molecular flexibility index (Phi) is 4.08. The Labute approximate surface area is 125 Å². The number of nitrogens with one attached hydrogen (secondary N) is 1. The summed E-state index contributed by atoms with van der Waals surface area (Å²) < 4.78 is 39.6. The summed E-state index contributed by atoms with van der Waals surface area (Å²) in [5, 5.41) is 0.275. The largest absolute Gasteiger partial charge is 0.398 e. The molecule has 0 aliphatic carbocycles. The molecule has 0 saturated carbocycles. The SMILES string of the molecule is Nc1cc(F)ccc1S(=O)(=O)Nc1cccc(Cl)c1Cl. The summed E-state index contributed by atoms with van der Waals surface area (Å²) in [5.74, 6) is -0.623. The van der Waals surface area contributed by atoms with Gasteiger partial charge in [0.2, 0.25) is 0 Å². The lowest BCUT2D eigenvalue weighted by Gasteiger charge is -2.11. The minimum Gasteiger partial charge on any atom is -0.398 e. The molecule has 0 aromatic heterocycles. The summed E-state index contributed by atoms with van der Waals surface area (Å²) >= 11 is 11.7. The first-order valence-corrected chi connectivity index (χ1v) is 7.57. The average Bonchev–Trinajstić information content (AvgIpc) is 2.34. The van der Waals surface area contributed by atoms with Gasteiger partial charge in [0.15, 0.2) is 0 Å². The lowest BCUT2D eigenvalue weighted by atomic mass is 10.3. The highest BCUT2D eigenvalue weighted by Crippen LogP contribution is 2.31. The third-order valence-electron chi connectivity index (χ3n) is 2.46. The number of sulfonamides is 1. The molecule has 0 fully saturated rings. The zero-order chi connectivity index (χ0) is 14.9. The Morgan fingerprint density at radius 2 is 1.85 bits per heavy atom. The molecule has 2 aromatic carbocycles. The maximum Gasteiger partial charge on any atom is 0.263 e. The fraction of sp³-hybridized carbons (Fsp3) is 0. The van der Waals surface area contributed by atoms with Crippen LogP contribution >= 0.6 is 23.2 Å². The van der Waals surface area contributed by atoms with Gasteiger partial charge in [-0.05, 0) is 30.3 Å². The molecule has 8 heteroatoms. The molecule has 3 N–H and O–H groups in total. The summed E-state index contributed by atoms with van der Waals surface area (Å²) in [6.07, 6.45) is 0. The van der Waals surface area contributed by atoms with Crippen molar-refractivity contribution in [3.63, 3.8) is 0 Å². The van der Waals surface area contributed by atoms with E-state index < -0.39 is 15.8 Å². The van der Waals surface area contributed by atoms with Crippen molar-refractivity contribution in [2.45, 2.75) is 4.90 Å². The molecule has 0 amide bonds. The van der Waals surface area contributed by atoms with Gasteiger partial charge in [0.1, 0.15) is 10.7 Å². The maximum atomic E-state index is 12.9. The predicted octanol–water partition coefficient (Wildman–Crippen LogP) is 3.52. The van der Waals surface area contributed by atoms with E-state index in [4.69, 9.17) is 28.9 Å². The van der Waals surface area contributed by atoms with Crippen LogP contribution in [0.3, 0.4) is 0 Å². The number of halogens is 3. The van der Waals surface area contributed by atoms with E-state index >= 15 is 0 Å². The van der Waals surface area contributed by atoms with Gasteiger partial charge >= 0.3 is 0 Å². The minimum atomic E-state index is -3.98. The molecular formula is C12H9Cl2FN2O2S. The molecule has 2 rings (SSSR count). The second-order valence-electron chi connectivity index (χ2n) is 3.89. The molecule has 0 atom stereocenters. The van der Waals surface area contributed by atoms with E-state index in [1.807, 2.05) is 0 Å². The monoisotopic (exact) mass is 334 g/mol. The minimum absolute atomic E-state index is 0.0680. The Morgan fingerprint density at radius 3 is 2.50 bits per heavy atom. The van der Waals surface area contributed by atoms with Crippen LogP contribution in [0.15, 0.2) is 41.3 Å². The van der Waals surface area contributed by atoms with Gasteiger partial charge in [0.25, 0.3) is 10.0 Å². The van der Waals surface area contributed by atoms with Crippen LogP contribution in [0.5, 0.6) is 0 Å². The highest BCUT2D eigenvalue weighted by Gasteiger charge is 2.19. The van der Waals surface area contributed by atoms with Crippen molar-refractivity contribution in [2.24, 2.45) is 0 Å². The van der Waals surface area contributed by atoms with Crippen molar-refractivity contribution in [1.29, 1.82) is 0 Å². The maximum absolute atomic E-state index is 12.9. The smallest absolute Gasteiger partial charge is 0.263 e. The number of rotatable bonds is 3. The average molecular weight is 335 g/mol. The predicted molar refractivity (Wildman–Crippen MR) is 78.1 cm³/mol. The zero-order valence-corrected chi connectivity index (χ0v) is 12.2. The van der Waals surface area contributed by atoms with Gasteiger partial charge in [-0.3, -0.25) is 4.72 Å². The summed E-state index contributed by atoms with van der Waals surface area (Å²) in [6, 6.07) is 7.52. The third kappa shape index (κ3) is 2.98. The van der Waals surface area contributed by atoms with E-state index in [-0.39, 0.29) is 26.3 Å². The van der Waals surface area contributed by atoms with E-state index in [1.54, 1.807) is 6.07 Å². The van der Waals surface area contributed by atoms with Crippen molar-refractivity contribution in [3.8, 4) is 0 Å². The second-order valence-corrected chi connectivity index (χ2v) is 6.33. The van der Waals surface area contributed by atoms with Crippen LogP contribution in [0.2, 0.25) is 10.0 Å². The van der Waals surface area contributed by atoms with Crippen LogP contribution in [0.4, 0.5) is 15.8 Å². The van der Waals surface area contributed by atoms with E-state index in [1.165, 1.54) is 12.1 Å². The first-order chi connectivity index (χ1) is 9.31. The fourth-order valence-electron chi connectivity index (χ4n) is 1.55. The molecular weight excluding hydrogens is 326 g/mol. The lowest BCUT2D eigenvalue weighted by Crippen LogP contribution is -2.15. The standard InChI is InChI=1S/C12H9Cl2FN2O2S/c13-8-2-1-3-10(12(8)14)17-20(18,19)11-5-4-7(15)6-9(11)16/h1-6,17H,16H2.